The molecule has 4 nitrogen and oxygen atoms in total. The number of aryl methyl sites for hydroxylation is 2. The maximum atomic E-state index is 12.7. The molecule has 1 aromatic heterocycles. The Hall–Kier alpha value is -2.40. The van der Waals surface area contributed by atoms with Crippen LogP contribution in [0.3, 0.4) is 0 Å². The summed E-state index contributed by atoms with van der Waals surface area (Å²) in [6, 6.07) is 11.9. The molecule has 1 N–H and O–H groups in total. The third kappa shape index (κ3) is 3.58. The van der Waals surface area contributed by atoms with E-state index in [-0.39, 0.29) is 5.91 Å². The number of nitrogens with one attached hydrogen (secondary N) is 1. The minimum atomic E-state index is -0.0789. The van der Waals surface area contributed by atoms with E-state index in [9.17, 15) is 4.79 Å². The van der Waals surface area contributed by atoms with E-state index in [1.165, 1.54) is 19.3 Å². The monoisotopic (exact) mass is 365 g/mol. The number of fused-ring (bicyclic) bond motifs is 1. The molecule has 1 fully saturated rings. The number of carbonyl (C=O) groups is 1. The van der Waals surface area contributed by atoms with Crippen LogP contribution in [-0.4, -0.2) is 24.0 Å². The number of thiazole rings is 1. The minimum Gasteiger partial charge on any atom is -0.348 e. The zero-order valence-electron chi connectivity index (χ0n) is 15.2. The van der Waals surface area contributed by atoms with Crippen LogP contribution in [0.4, 0.5) is 10.8 Å². The van der Waals surface area contributed by atoms with Crippen LogP contribution in [0.2, 0.25) is 0 Å². The van der Waals surface area contributed by atoms with Crippen LogP contribution in [-0.2, 0) is 0 Å². The molecule has 26 heavy (non-hydrogen) atoms. The number of piperidine rings is 1. The van der Waals surface area contributed by atoms with Gasteiger partial charge in [-0.15, -0.1) is 0 Å². The highest BCUT2D eigenvalue weighted by atomic mass is 32.1. The highest BCUT2D eigenvalue weighted by molar-refractivity contribution is 7.22. The van der Waals surface area contributed by atoms with E-state index in [0.29, 0.717) is 5.56 Å². The summed E-state index contributed by atoms with van der Waals surface area (Å²) >= 11 is 1.68. The van der Waals surface area contributed by atoms with Crippen molar-refractivity contribution in [1.82, 2.24) is 4.98 Å². The van der Waals surface area contributed by atoms with Crippen molar-refractivity contribution in [2.45, 2.75) is 33.1 Å². The van der Waals surface area contributed by atoms with Gasteiger partial charge < -0.3 is 10.2 Å². The smallest absolute Gasteiger partial charge is 0.255 e. The van der Waals surface area contributed by atoms with Crippen molar-refractivity contribution >= 4 is 38.3 Å². The van der Waals surface area contributed by atoms with E-state index in [1.54, 1.807) is 11.3 Å². The molecule has 0 bridgehead atoms. The van der Waals surface area contributed by atoms with Gasteiger partial charge in [-0.1, -0.05) is 17.4 Å². The molecule has 1 amide bonds. The summed E-state index contributed by atoms with van der Waals surface area (Å²) in [5, 5.41) is 4.09. The zero-order valence-corrected chi connectivity index (χ0v) is 16.0. The van der Waals surface area contributed by atoms with Crippen molar-refractivity contribution < 1.29 is 4.79 Å². The first-order valence-electron chi connectivity index (χ1n) is 9.14. The van der Waals surface area contributed by atoms with E-state index >= 15 is 0 Å². The van der Waals surface area contributed by atoms with Gasteiger partial charge in [0.1, 0.15) is 0 Å². The molecule has 1 aliphatic heterocycles. The summed E-state index contributed by atoms with van der Waals surface area (Å²) in [6.07, 6.45) is 3.78. The van der Waals surface area contributed by atoms with Gasteiger partial charge in [0.05, 0.1) is 10.2 Å². The predicted molar refractivity (Wildman–Crippen MR) is 110 cm³/mol. The molecule has 0 atom stereocenters. The molecule has 0 saturated carbocycles. The first-order valence-corrected chi connectivity index (χ1v) is 9.95. The highest BCUT2D eigenvalue weighted by Crippen LogP contribution is 2.31. The van der Waals surface area contributed by atoms with Gasteiger partial charge in [-0.05, 0) is 74.6 Å². The predicted octanol–water partition coefficient (Wildman–Crippen LogP) is 5.16. The van der Waals surface area contributed by atoms with Crippen molar-refractivity contribution in [2.75, 3.05) is 23.3 Å². The molecule has 0 spiro atoms. The van der Waals surface area contributed by atoms with E-state index in [4.69, 9.17) is 4.98 Å². The third-order valence-electron chi connectivity index (χ3n) is 4.75. The molecule has 1 saturated heterocycles. The lowest BCUT2D eigenvalue weighted by Crippen LogP contribution is -2.29. The largest absolute Gasteiger partial charge is 0.348 e. The number of hydrogen-bond acceptors (Lipinski definition) is 4. The first kappa shape index (κ1) is 17.0. The summed E-state index contributed by atoms with van der Waals surface area (Å²) < 4.78 is 1.07. The van der Waals surface area contributed by atoms with Crippen LogP contribution in [0.5, 0.6) is 0 Å². The Labute approximate surface area is 157 Å². The van der Waals surface area contributed by atoms with Crippen LogP contribution in [0, 0.1) is 13.8 Å². The Morgan fingerprint density at radius 1 is 1.04 bits per heavy atom. The fraction of sp³-hybridized carbons (Fsp3) is 0.333. The molecule has 3 aromatic rings. The molecule has 0 aliphatic carbocycles. The second-order valence-corrected chi connectivity index (χ2v) is 8.07. The first-order chi connectivity index (χ1) is 12.6. The van der Waals surface area contributed by atoms with Gasteiger partial charge in [-0.25, -0.2) is 4.98 Å². The summed E-state index contributed by atoms with van der Waals surface area (Å²) in [4.78, 5) is 19.8. The molecule has 2 heterocycles. The van der Waals surface area contributed by atoms with Crippen LogP contribution < -0.4 is 10.2 Å². The third-order valence-corrected chi connectivity index (χ3v) is 5.82. The van der Waals surface area contributed by atoms with Gasteiger partial charge in [0, 0.05) is 24.3 Å². The van der Waals surface area contributed by atoms with Crippen molar-refractivity contribution in [1.29, 1.82) is 0 Å². The van der Waals surface area contributed by atoms with Gasteiger partial charge in [-0.3, -0.25) is 4.79 Å². The molecule has 5 heteroatoms. The molecule has 1 aliphatic rings. The number of rotatable bonds is 3. The van der Waals surface area contributed by atoms with Gasteiger partial charge in [0.2, 0.25) is 0 Å². The standard InChI is InChI=1S/C21H23N3OS/c1-14-10-15(2)12-17(11-14)22-20(25)16-6-7-18-19(13-16)26-21(23-18)24-8-4-3-5-9-24/h6-7,10-13H,3-5,8-9H2,1-2H3,(H,22,25). The van der Waals surface area contributed by atoms with Crippen LogP contribution >= 0.6 is 11.3 Å². The average molecular weight is 366 g/mol. The summed E-state index contributed by atoms with van der Waals surface area (Å²) in [7, 11) is 0. The van der Waals surface area contributed by atoms with Gasteiger partial charge in [0.25, 0.3) is 5.91 Å². The summed E-state index contributed by atoms with van der Waals surface area (Å²) in [6.45, 7) is 6.24. The second kappa shape index (κ2) is 7.08. The number of hydrogen-bond donors (Lipinski definition) is 1. The number of benzene rings is 2. The van der Waals surface area contributed by atoms with Gasteiger partial charge in [-0.2, -0.15) is 0 Å². The highest BCUT2D eigenvalue weighted by Gasteiger charge is 2.16. The van der Waals surface area contributed by atoms with Crippen molar-refractivity contribution in [3.05, 3.63) is 53.1 Å². The lowest BCUT2D eigenvalue weighted by molar-refractivity contribution is 0.102. The van der Waals surface area contributed by atoms with Gasteiger partial charge in [0.15, 0.2) is 5.13 Å². The minimum absolute atomic E-state index is 0.0789. The maximum Gasteiger partial charge on any atom is 0.255 e. The van der Waals surface area contributed by atoms with E-state index in [1.807, 2.05) is 44.2 Å². The Balaban J connectivity index is 1.57. The fourth-order valence-corrected chi connectivity index (χ4v) is 4.58. The number of amides is 1. The summed E-state index contributed by atoms with van der Waals surface area (Å²) in [5.74, 6) is -0.0789. The quantitative estimate of drug-likeness (QED) is 0.698. The van der Waals surface area contributed by atoms with E-state index < -0.39 is 0 Å². The van der Waals surface area contributed by atoms with E-state index in [0.717, 1.165) is 45.3 Å². The van der Waals surface area contributed by atoms with Crippen molar-refractivity contribution in [2.24, 2.45) is 0 Å². The molecule has 0 unspecified atom stereocenters. The molecule has 2 aromatic carbocycles. The Morgan fingerprint density at radius 2 is 1.77 bits per heavy atom. The van der Waals surface area contributed by atoms with Gasteiger partial charge >= 0.3 is 0 Å². The fourth-order valence-electron chi connectivity index (χ4n) is 3.52. The maximum absolute atomic E-state index is 12.7. The van der Waals surface area contributed by atoms with Crippen LogP contribution in [0.15, 0.2) is 36.4 Å². The number of aromatic nitrogens is 1. The number of nitrogens with zero attached hydrogens (tertiary/aromatic N) is 2. The average Bonchev–Trinajstić information content (AvgIpc) is 3.05. The summed E-state index contributed by atoms with van der Waals surface area (Å²) in [5.41, 5.74) is 4.77. The number of carbonyl (C=O) groups excluding carboxylic acids is 1. The van der Waals surface area contributed by atoms with Crippen LogP contribution in [0.25, 0.3) is 10.2 Å². The van der Waals surface area contributed by atoms with E-state index in [2.05, 4.69) is 16.3 Å². The second-order valence-electron chi connectivity index (χ2n) is 7.06. The van der Waals surface area contributed by atoms with Crippen molar-refractivity contribution in [3.63, 3.8) is 0 Å². The zero-order chi connectivity index (χ0) is 18.1. The SMILES string of the molecule is Cc1cc(C)cc(NC(=O)c2ccc3nc(N4CCCCC4)sc3c2)c1. The molecule has 134 valence electrons. The lowest BCUT2D eigenvalue weighted by Gasteiger charge is -2.25. The Bertz CT molecular complexity index is 937. The number of anilines is 2. The normalized spacial score (nSPS) is 14.6. The lowest BCUT2D eigenvalue weighted by atomic mass is 10.1. The molecular weight excluding hydrogens is 342 g/mol. The molecule has 0 radical (unpaired) electrons. The Morgan fingerprint density at radius 3 is 2.50 bits per heavy atom. The van der Waals surface area contributed by atoms with Crippen molar-refractivity contribution in [3.8, 4) is 0 Å². The topological polar surface area (TPSA) is 45.2 Å². The van der Waals surface area contributed by atoms with Crippen LogP contribution in [0.1, 0.15) is 40.7 Å². The Kier molecular flexibility index (Phi) is 4.64. The molecule has 4 rings (SSSR count). The molecular formula is C21H23N3OS.